The molecule has 0 radical (unpaired) electrons. The number of aliphatic carboxylic acids is 1. The highest BCUT2D eigenvalue weighted by atomic mass is 16.4. The largest absolute Gasteiger partial charge is 0.480 e. The van der Waals surface area contributed by atoms with Crippen molar-refractivity contribution in [2.75, 3.05) is 19.6 Å². The van der Waals surface area contributed by atoms with Gasteiger partial charge in [-0.05, 0) is 18.8 Å². The van der Waals surface area contributed by atoms with E-state index in [0.717, 1.165) is 6.54 Å². The fourth-order valence-electron chi connectivity index (χ4n) is 1.14. The molecule has 66 valence electrons. The normalized spacial score (nSPS) is 16.0. The lowest BCUT2D eigenvalue weighted by molar-refractivity contribution is -0.138. The summed E-state index contributed by atoms with van der Waals surface area (Å²) in [4.78, 5) is 12.0. The van der Waals surface area contributed by atoms with Crippen LogP contribution in [0.15, 0.2) is 0 Å². The first-order valence-electron chi connectivity index (χ1n) is 4.03. The van der Waals surface area contributed by atoms with Gasteiger partial charge in [-0.2, -0.15) is 5.26 Å². The minimum Gasteiger partial charge on any atom is -0.480 e. The summed E-state index contributed by atoms with van der Waals surface area (Å²) in [6.07, 6.45) is 2.36. The third-order valence-corrected chi connectivity index (χ3v) is 1.87. The highest BCUT2D eigenvalue weighted by Gasteiger charge is 2.24. The molecule has 0 bridgehead atoms. The number of rotatable bonds is 5. The van der Waals surface area contributed by atoms with Crippen LogP contribution >= 0.6 is 0 Å². The van der Waals surface area contributed by atoms with Gasteiger partial charge in [0.25, 0.3) is 0 Å². The third-order valence-electron chi connectivity index (χ3n) is 1.87. The Bertz CT molecular complexity index is 206. The smallest absolute Gasteiger partial charge is 0.317 e. The lowest BCUT2D eigenvalue weighted by Gasteiger charge is -2.15. The van der Waals surface area contributed by atoms with Crippen molar-refractivity contribution >= 4 is 5.97 Å². The van der Waals surface area contributed by atoms with Gasteiger partial charge >= 0.3 is 5.97 Å². The minimum atomic E-state index is -0.856. The predicted octanol–water partition coefficient (Wildman–Crippen LogP) is 0.307. The summed E-state index contributed by atoms with van der Waals surface area (Å²) in [6.45, 7) is 0.979. The summed E-state index contributed by atoms with van der Waals surface area (Å²) >= 11 is 0. The van der Waals surface area contributed by atoms with Gasteiger partial charge < -0.3 is 5.11 Å². The average molecular weight is 168 g/mol. The molecule has 0 heterocycles. The standard InChI is InChI=1S/C8H12N2O2/c9-3-4-10(6-8(11)12)5-7-1-2-7/h7H,1-2,4-6H2,(H,11,12). The fourth-order valence-corrected chi connectivity index (χ4v) is 1.14. The average Bonchev–Trinajstić information content (AvgIpc) is 2.70. The summed E-state index contributed by atoms with van der Waals surface area (Å²) < 4.78 is 0. The van der Waals surface area contributed by atoms with Gasteiger partial charge in [0.05, 0.1) is 19.2 Å². The number of carboxylic acids is 1. The molecule has 0 atom stereocenters. The maximum Gasteiger partial charge on any atom is 0.317 e. The molecule has 0 spiro atoms. The van der Waals surface area contributed by atoms with Gasteiger partial charge in [-0.25, -0.2) is 0 Å². The Morgan fingerprint density at radius 3 is 2.75 bits per heavy atom. The van der Waals surface area contributed by atoms with Crippen LogP contribution in [0.2, 0.25) is 0 Å². The number of carboxylic acid groups (broad SMARTS) is 1. The van der Waals surface area contributed by atoms with E-state index in [0.29, 0.717) is 5.92 Å². The minimum absolute atomic E-state index is 0.00986. The molecule has 4 heteroatoms. The van der Waals surface area contributed by atoms with Crippen LogP contribution < -0.4 is 0 Å². The van der Waals surface area contributed by atoms with Crippen LogP contribution in [0.25, 0.3) is 0 Å². The summed E-state index contributed by atoms with van der Waals surface area (Å²) in [7, 11) is 0. The van der Waals surface area contributed by atoms with E-state index in [9.17, 15) is 4.79 Å². The van der Waals surface area contributed by atoms with Crippen molar-refractivity contribution in [1.29, 1.82) is 5.26 Å². The molecule has 1 N–H and O–H groups in total. The monoisotopic (exact) mass is 168 g/mol. The second-order valence-corrected chi connectivity index (χ2v) is 3.16. The molecular weight excluding hydrogens is 156 g/mol. The molecule has 1 fully saturated rings. The molecule has 1 aliphatic carbocycles. The Balaban J connectivity index is 2.26. The van der Waals surface area contributed by atoms with Crippen LogP contribution in [-0.2, 0) is 4.79 Å². The summed E-state index contributed by atoms with van der Waals surface area (Å²) in [5.41, 5.74) is 0. The van der Waals surface area contributed by atoms with Crippen molar-refractivity contribution in [2.45, 2.75) is 12.8 Å². The lowest BCUT2D eigenvalue weighted by atomic mass is 10.3. The van der Waals surface area contributed by atoms with Crippen molar-refractivity contribution in [3.63, 3.8) is 0 Å². The van der Waals surface area contributed by atoms with E-state index >= 15 is 0 Å². The molecule has 0 aliphatic heterocycles. The molecule has 12 heavy (non-hydrogen) atoms. The van der Waals surface area contributed by atoms with E-state index in [-0.39, 0.29) is 13.1 Å². The van der Waals surface area contributed by atoms with Crippen molar-refractivity contribution in [3.8, 4) is 6.07 Å². The highest BCUT2D eigenvalue weighted by Crippen LogP contribution is 2.29. The first kappa shape index (κ1) is 9.01. The van der Waals surface area contributed by atoms with Gasteiger partial charge in [-0.15, -0.1) is 0 Å². The fraction of sp³-hybridized carbons (Fsp3) is 0.750. The first-order valence-corrected chi connectivity index (χ1v) is 4.03. The van der Waals surface area contributed by atoms with E-state index in [1.807, 2.05) is 6.07 Å². The van der Waals surface area contributed by atoms with E-state index in [1.165, 1.54) is 12.8 Å². The van der Waals surface area contributed by atoms with E-state index in [1.54, 1.807) is 4.90 Å². The number of nitrogens with zero attached hydrogens (tertiary/aromatic N) is 2. The summed E-state index contributed by atoms with van der Waals surface area (Å²) in [5.74, 6) is -0.219. The van der Waals surface area contributed by atoms with E-state index in [2.05, 4.69) is 0 Å². The van der Waals surface area contributed by atoms with Crippen LogP contribution in [0.4, 0.5) is 0 Å². The second kappa shape index (κ2) is 4.07. The molecule has 0 aromatic rings. The molecule has 1 rings (SSSR count). The predicted molar refractivity (Wildman–Crippen MR) is 42.4 cm³/mol. The Morgan fingerprint density at radius 2 is 2.33 bits per heavy atom. The summed E-state index contributed by atoms with van der Waals surface area (Å²) in [5, 5.41) is 16.9. The van der Waals surface area contributed by atoms with Gasteiger partial charge in [0, 0.05) is 6.54 Å². The zero-order chi connectivity index (χ0) is 8.97. The zero-order valence-electron chi connectivity index (χ0n) is 6.86. The molecule has 0 unspecified atom stereocenters. The molecule has 1 saturated carbocycles. The van der Waals surface area contributed by atoms with Crippen LogP contribution in [0.1, 0.15) is 12.8 Å². The maximum atomic E-state index is 10.3. The summed E-state index contributed by atoms with van der Waals surface area (Å²) in [6, 6.07) is 1.97. The van der Waals surface area contributed by atoms with Gasteiger partial charge in [0.1, 0.15) is 0 Å². The molecule has 1 aliphatic rings. The highest BCUT2D eigenvalue weighted by molar-refractivity contribution is 5.69. The Labute approximate surface area is 71.4 Å². The Morgan fingerprint density at radius 1 is 1.67 bits per heavy atom. The van der Waals surface area contributed by atoms with Crippen molar-refractivity contribution < 1.29 is 9.90 Å². The molecule has 0 saturated heterocycles. The number of carbonyl (C=O) groups is 1. The van der Waals surface area contributed by atoms with Crippen molar-refractivity contribution in [1.82, 2.24) is 4.90 Å². The van der Waals surface area contributed by atoms with Crippen LogP contribution in [0.3, 0.4) is 0 Å². The quantitative estimate of drug-likeness (QED) is 0.600. The molecule has 0 amide bonds. The topological polar surface area (TPSA) is 64.3 Å². The van der Waals surface area contributed by atoms with Gasteiger partial charge in [-0.3, -0.25) is 9.69 Å². The van der Waals surface area contributed by atoms with Crippen LogP contribution in [0, 0.1) is 17.2 Å². The van der Waals surface area contributed by atoms with Gasteiger partial charge in [0.2, 0.25) is 0 Å². The van der Waals surface area contributed by atoms with Crippen LogP contribution in [-0.4, -0.2) is 35.6 Å². The van der Waals surface area contributed by atoms with Crippen molar-refractivity contribution in [2.24, 2.45) is 5.92 Å². The van der Waals surface area contributed by atoms with Crippen molar-refractivity contribution in [3.05, 3.63) is 0 Å². The number of hydrogen-bond donors (Lipinski definition) is 1. The zero-order valence-corrected chi connectivity index (χ0v) is 6.86. The molecule has 4 nitrogen and oxygen atoms in total. The van der Waals surface area contributed by atoms with E-state index in [4.69, 9.17) is 10.4 Å². The van der Waals surface area contributed by atoms with Crippen LogP contribution in [0.5, 0.6) is 0 Å². The van der Waals surface area contributed by atoms with Gasteiger partial charge in [0.15, 0.2) is 0 Å². The van der Waals surface area contributed by atoms with Gasteiger partial charge in [-0.1, -0.05) is 0 Å². The SMILES string of the molecule is N#CCN(CC(=O)O)CC1CC1. The molecule has 0 aromatic carbocycles. The number of hydrogen-bond acceptors (Lipinski definition) is 3. The first-order chi connectivity index (χ1) is 5.72. The molecular formula is C8H12N2O2. The Hall–Kier alpha value is -1.08. The van der Waals surface area contributed by atoms with E-state index < -0.39 is 5.97 Å². The Kier molecular flexibility index (Phi) is 3.06. The number of nitriles is 1. The lowest BCUT2D eigenvalue weighted by Crippen LogP contribution is -2.31. The third kappa shape index (κ3) is 3.35. The molecule has 0 aromatic heterocycles. The maximum absolute atomic E-state index is 10.3. The second-order valence-electron chi connectivity index (χ2n) is 3.16.